The summed E-state index contributed by atoms with van der Waals surface area (Å²) in [5, 5.41) is 0. The molecule has 7 nitrogen and oxygen atoms in total. The predicted octanol–water partition coefficient (Wildman–Crippen LogP) is 5.95. The number of ether oxygens (including phenoxy) is 1. The smallest absolute Gasteiger partial charge is 0.337 e. The third-order valence-corrected chi connectivity index (χ3v) is 8.71. The van der Waals surface area contributed by atoms with Crippen LogP contribution in [0, 0.1) is 11.6 Å². The molecule has 1 amide bonds. The van der Waals surface area contributed by atoms with E-state index in [4.69, 9.17) is 9.73 Å². The molecule has 1 aromatic heterocycles. The van der Waals surface area contributed by atoms with Crippen LogP contribution in [-0.2, 0) is 15.1 Å². The summed E-state index contributed by atoms with van der Waals surface area (Å²) < 4.78 is 33.4. The number of piperidine rings is 1. The number of benzene rings is 3. The van der Waals surface area contributed by atoms with Crippen molar-refractivity contribution in [2.24, 2.45) is 4.99 Å². The van der Waals surface area contributed by atoms with Gasteiger partial charge in [0.25, 0.3) is 5.91 Å². The lowest BCUT2D eigenvalue weighted by Gasteiger charge is -2.33. The molecule has 0 saturated carbocycles. The lowest BCUT2D eigenvalue weighted by molar-refractivity contribution is -0.130. The maximum absolute atomic E-state index is 14.6. The zero-order chi connectivity index (χ0) is 31.4. The number of hydrogen-bond acceptors (Lipinski definition) is 6. The first-order valence-electron chi connectivity index (χ1n) is 15.1. The highest BCUT2D eigenvalue weighted by atomic mass is 19.1. The summed E-state index contributed by atoms with van der Waals surface area (Å²) in [6.45, 7) is 2.95. The second-order valence-electron chi connectivity index (χ2n) is 11.4. The number of amides is 1. The van der Waals surface area contributed by atoms with Gasteiger partial charge in [0, 0.05) is 12.7 Å². The Morgan fingerprint density at radius 1 is 0.889 bits per heavy atom. The summed E-state index contributed by atoms with van der Waals surface area (Å²) in [4.78, 5) is 40.0. The Balaban J connectivity index is 1.21. The van der Waals surface area contributed by atoms with Crippen LogP contribution < -0.4 is 0 Å². The number of aromatic nitrogens is 1. The second kappa shape index (κ2) is 13.1. The van der Waals surface area contributed by atoms with Crippen LogP contribution in [0.25, 0.3) is 0 Å². The summed E-state index contributed by atoms with van der Waals surface area (Å²) in [6.07, 6.45) is 4.25. The Morgan fingerprint density at radius 3 is 2.38 bits per heavy atom. The summed E-state index contributed by atoms with van der Waals surface area (Å²) >= 11 is 0. The predicted molar refractivity (Wildman–Crippen MR) is 167 cm³/mol. The van der Waals surface area contributed by atoms with E-state index >= 15 is 0 Å². The van der Waals surface area contributed by atoms with Crippen molar-refractivity contribution in [2.75, 3.05) is 33.3 Å². The number of halogens is 2. The number of carbonyl (C=O) groups excluding carboxylic acids is 2. The molecule has 1 fully saturated rings. The number of hydrogen-bond donors (Lipinski definition) is 0. The molecule has 2 aliphatic heterocycles. The largest absolute Gasteiger partial charge is 0.465 e. The van der Waals surface area contributed by atoms with Crippen LogP contribution in [0.5, 0.6) is 0 Å². The fraction of sp³-hybridized carbons (Fsp3) is 0.278. The molecule has 1 saturated heterocycles. The Hall–Kier alpha value is -4.76. The maximum atomic E-state index is 14.6. The van der Waals surface area contributed by atoms with Crippen LogP contribution in [0.4, 0.5) is 8.78 Å². The van der Waals surface area contributed by atoms with Crippen LogP contribution in [0.15, 0.2) is 102 Å². The van der Waals surface area contributed by atoms with E-state index < -0.39 is 17.2 Å². The third-order valence-electron chi connectivity index (χ3n) is 8.71. The van der Waals surface area contributed by atoms with Crippen molar-refractivity contribution in [1.82, 2.24) is 14.8 Å². The van der Waals surface area contributed by atoms with Gasteiger partial charge in [-0.1, -0.05) is 42.5 Å². The van der Waals surface area contributed by atoms with Gasteiger partial charge in [-0.15, -0.1) is 0 Å². The van der Waals surface area contributed by atoms with Gasteiger partial charge in [-0.2, -0.15) is 0 Å². The van der Waals surface area contributed by atoms with Gasteiger partial charge >= 0.3 is 5.97 Å². The summed E-state index contributed by atoms with van der Waals surface area (Å²) in [5.41, 5.74) is 1.47. The second-order valence-corrected chi connectivity index (χ2v) is 11.4. The van der Waals surface area contributed by atoms with Crippen molar-refractivity contribution in [2.45, 2.75) is 30.7 Å². The monoisotopic (exact) mass is 608 g/mol. The highest BCUT2D eigenvalue weighted by Crippen LogP contribution is 2.41. The summed E-state index contributed by atoms with van der Waals surface area (Å²) in [6, 6.07) is 24.6. The van der Waals surface area contributed by atoms with Crippen LogP contribution >= 0.6 is 0 Å². The van der Waals surface area contributed by atoms with E-state index in [0.29, 0.717) is 47.1 Å². The minimum absolute atomic E-state index is 0.329. The lowest BCUT2D eigenvalue weighted by Crippen LogP contribution is -2.43. The van der Waals surface area contributed by atoms with E-state index in [1.165, 1.54) is 43.5 Å². The van der Waals surface area contributed by atoms with E-state index in [2.05, 4.69) is 16.0 Å². The highest BCUT2D eigenvalue weighted by Gasteiger charge is 2.51. The molecule has 1 atom stereocenters. The Kier molecular flexibility index (Phi) is 8.80. The van der Waals surface area contributed by atoms with Crippen molar-refractivity contribution in [1.29, 1.82) is 0 Å². The minimum atomic E-state index is -1.58. The van der Waals surface area contributed by atoms with E-state index in [0.717, 1.165) is 38.0 Å². The van der Waals surface area contributed by atoms with Gasteiger partial charge in [0.1, 0.15) is 17.3 Å². The van der Waals surface area contributed by atoms with E-state index in [9.17, 15) is 18.4 Å². The number of amidine groups is 1. The zero-order valence-corrected chi connectivity index (χ0v) is 25.0. The molecule has 3 heterocycles. The fourth-order valence-electron chi connectivity index (χ4n) is 6.38. The molecule has 6 rings (SSSR count). The van der Waals surface area contributed by atoms with E-state index in [-0.39, 0.29) is 11.9 Å². The zero-order valence-electron chi connectivity index (χ0n) is 25.0. The first kappa shape index (κ1) is 30.3. The van der Waals surface area contributed by atoms with Crippen molar-refractivity contribution in [3.63, 3.8) is 0 Å². The molecule has 0 N–H and O–H groups in total. The molecule has 45 heavy (non-hydrogen) atoms. The number of methoxy groups -OCH3 is 1. The normalized spacial score (nSPS) is 19.0. The number of aliphatic imine (C=N–C) groups is 1. The molecule has 1 unspecified atom stereocenters. The quantitative estimate of drug-likeness (QED) is 0.220. The molecular formula is C36H34F2N4O3. The maximum Gasteiger partial charge on any atom is 0.337 e. The topological polar surface area (TPSA) is 75.1 Å². The lowest BCUT2D eigenvalue weighted by atomic mass is 9.82. The number of pyridine rings is 1. The molecule has 0 radical (unpaired) electrons. The summed E-state index contributed by atoms with van der Waals surface area (Å²) in [5.74, 6) is -0.834. The molecule has 0 aliphatic carbocycles. The fourth-order valence-corrected chi connectivity index (χ4v) is 6.38. The van der Waals surface area contributed by atoms with Crippen molar-refractivity contribution >= 4 is 17.7 Å². The third kappa shape index (κ3) is 6.13. The Bertz CT molecular complexity index is 1710. The van der Waals surface area contributed by atoms with Crippen LogP contribution in [-0.4, -0.2) is 65.8 Å². The highest BCUT2D eigenvalue weighted by molar-refractivity contribution is 6.16. The first-order chi connectivity index (χ1) is 21.9. The van der Waals surface area contributed by atoms with Crippen LogP contribution in [0.1, 0.15) is 57.9 Å². The van der Waals surface area contributed by atoms with Crippen LogP contribution in [0.2, 0.25) is 0 Å². The molecule has 9 heteroatoms. The van der Waals surface area contributed by atoms with Crippen molar-refractivity contribution < 1.29 is 23.1 Å². The molecular weight excluding hydrogens is 574 g/mol. The van der Waals surface area contributed by atoms with Gasteiger partial charge in [-0.05, 0) is 110 Å². The Morgan fingerprint density at radius 2 is 1.67 bits per heavy atom. The molecule has 0 spiro atoms. The van der Waals surface area contributed by atoms with Crippen molar-refractivity contribution in [3.05, 3.63) is 137 Å². The van der Waals surface area contributed by atoms with Gasteiger partial charge in [0.2, 0.25) is 0 Å². The van der Waals surface area contributed by atoms with Gasteiger partial charge in [0.15, 0.2) is 11.4 Å². The van der Waals surface area contributed by atoms with Gasteiger partial charge in [0.05, 0.1) is 12.7 Å². The van der Waals surface area contributed by atoms with Crippen molar-refractivity contribution in [3.8, 4) is 0 Å². The number of esters is 1. The first-order valence-corrected chi connectivity index (χ1v) is 15.1. The number of rotatable bonds is 9. The van der Waals surface area contributed by atoms with Gasteiger partial charge in [-0.25, -0.2) is 18.6 Å². The molecule has 230 valence electrons. The van der Waals surface area contributed by atoms with Gasteiger partial charge < -0.3 is 9.64 Å². The number of nitrogens with zero attached hydrogens (tertiary/aromatic N) is 4. The SMILES string of the molecule is COC(=O)c1cccc(C2CCN(CCCN3C(=O)C(c4ccc(F)cc4)(c4cccc(F)c4)N=C3c3ccccn3)CC2)c1. The average Bonchev–Trinajstić information content (AvgIpc) is 3.38. The van der Waals surface area contributed by atoms with Gasteiger partial charge in [-0.3, -0.25) is 14.7 Å². The molecule has 3 aromatic carbocycles. The Labute approximate surface area is 261 Å². The molecule has 2 aliphatic rings. The standard InChI is InChI=1S/C36H34F2N4O3/c1-45-34(43)27-8-4-7-26(23-27)25-16-21-41(22-17-25)19-6-20-42-33(32-11-2-3-18-39-32)40-36(35(42)44,28-12-14-30(37)15-13-28)29-9-5-10-31(38)24-29/h2-5,7-15,18,23-25H,6,16-17,19-22H2,1H3. The average molecular weight is 609 g/mol. The van der Waals surface area contributed by atoms with E-state index in [1.807, 2.05) is 18.2 Å². The number of likely N-dealkylation sites (tertiary alicyclic amines) is 1. The summed E-state index contributed by atoms with van der Waals surface area (Å²) in [7, 11) is 1.39. The molecule has 4 aromatic rings. The minimum Gasteiger partial charge on any atom is -0.465 e. The number of carbonyl (C=O) groups is 2. The molecule has 0 bridgehead atoms. The van der Waals surface area contributed by atoms with E-state index in [1.54, 1.807) is 41.4 Å². The van der Waals surface area contributed by atoms with Crippen LogP contribution in [0.3, 0.4) is 0 Å².